The number of anilines is 1. The van der Waals surface area contributed by atoms with Crippen LogP contribution in [0.2, 0.25) is 0 Å². The smallest absolute Gasteiger partial charge is 0.127 e. The van der Waals surface area contributed by atoms with Crippen molar-refractivity contribution >= 4 is 22.9 Å². The van der Waals surface area contributed by atoms with Crippen molar-refractivity contribution < 1.29 is 9.47 Å². The zero-order valence-electron chi connectivity index (χ0n) is 15.5. The molecule has 0 spiro atoms. The number of aryl methyl sites for hydroxylation is 2. The van der Waals surface area contributed by atoms with Crippen molar-refractivity contribution in [1.82, 2.24) is 0 Å². The minimum absolute atomic E-state index is 0.428. The maximum Gasteiger partial charge on any atom is 0.127 e. The topological polar surface area (TPSA) is 30.5 Å². The SMILES string of the molecule is CCOc1cccc(NC(=S)CC)c1COc1ccc(CC)cc1C. The van der Waals surface area contributed by atoms with Gasteiger partial charge in [0.05, 0.1) is 17.2 Å². The highest BCUT2D eigenvalue weighted by Gasteiger charge is 2.12. The van der Waals surface area contributed by atoms with Crippen molar-refractivity contribution in [3.8, 4) is 11.5 Å². The first-order valence-corrected chi connectivity index (χ1v) is 9.26. The van der Waals surface area contributed by atoms with Crippen LogP contribution in [0.1, 0.15) is 43.9 Å². The summed E-state index contributed by atoms with van der Waals surface area (Å²) in [4.78, 5) is 0.804. The molecular weight excluding hydrogens is 330 g/mol. The minimum atomic E-state index is 0.428. The Balaban J connectivity index is 2.25. The van der Waals surface area contributed by atoms with E-state index in [1.807, 2.05) is 38.1 Å². The number of hydrogen-bond donors (Lipinski definition) is 1. The molecule has 134 valence electrons. The summed E-state index contributed by atoms with van der Waals surface area (Å²) in [6, 6.07) is 12.3. The van der Waals surface area contributed by atoms with Crippen LogP contribution in [0.15, 0.2) is 36.4 Å². The second-order valence-electron chi connectivity index (χ2n) is 5.86. The van der Waals surface area contributed by atoms with Gasteiger partial charge in [0.1, 0.15) is 18.1 Å². The fourth-order valence-corrected chi connectivity index (χ4v) is 2.71. The molecule has 0 aliphatic heterocycles. The molecule has 0 atom stereocenters. The molecule has 25 heavy (non-hydrogen) atoms. The van der Waals surface area contributed by atoms with Gasteiger partial charge in [0, 0.05) is 5.69 Å². The van der Waals surface area contributed by atoms with E-state index in [-0.39, 0.29) is 0 Å². The van der Waals surface area contributed by atoms with Crippen molar-refractivity contribution in [3.63, 3.8) is 0 Å². The molecule has 0 bridgehead atoms. The second kappa shape index (κ2) is 9.42. The number of hydrogen-bond acceptors (Lipinski definition) is 3. The van der Waals surface area contributed by atoms with Crippen molar-refractivity contribution in [2.45, 2.75) is 47.1 Å². The van der Waals surface area contributed by atoms with Crippen molar-refractivity contribution in [2.75, 3.05) is 11.9 Å². The molecule has 0 amide bonds. The van der Waals surface area contributed by atoms with Gasteiger partial charge in [-0.25, -0.2) is 0 Å². The van der Waals surface area contributed by atoms with Gasteiger partial charge in [-0.3, -0.25) is 0 Å². The van der Waals surface area contributed by atoms with Crippen LogP contribution in [0.5, 0.6) is 11.5 Å². The second-order valence-corrected chi connectivity index (χ2v) is 6.35. The highest BCUT2D eigenvalue weighted by atomic mass is 32.1. The Morgan fingerprint density at radius 3 is 2.48 bits per heavy atom. The average molecular weight is 358 g/mol. The summed E-state index contributed by atoms with van der Waals surface area (Å²) < 4.78 is 11.9. The molecule has 0 radical (unpaired) electrons. The Hall–Kier alpha value is -2.07. The lowest BCUT2D eigenvalue weighted by molar-refractivity contribution is 0.285. The monoisotopic (exact) mass is 357 g/mol. The largest absolute Gasteiger partial charge is 0.493 e. The van der Waals surface area contributed by atoms with Gasteiger partial charge in [-0.1, -0.05) is 44.3 Å². The highest BCUT2D eigenvalue weighted by molar-refractivity contribution is 7.80. The number of benzene rings is 2. The number of ether oxygens (including phenoxy) is 2. The fourth-order valence-electron chi connectivity index (χ4n) is 2.60. The van der Waals surface area contributed by atoms with Gasteiger partial charge in [-0.05, 0) is 56.0 Å². The highest BCUT2D eigenvalue weighted by Crippen LogP contribution is 2.29. The molecule has 0 heterocycles. The molecule has 0 aliphatic carbocycles. The molecule has 3 nitrogen and oxygen atoms in total. The lowest BCUT2D eigenvalue weighted by Gasteiger charge is -2.18. The van der Waals surface area contributed by atoms with Crippen molar-refractivity contribution in [2.24, 2.45) is 0 Å². The van der Waals surface area contributed by atoms with E-state index in [9.17, 15) is 0 Å². The molecule has 2 rings (SSSR count). The van der Waals surface area contributed by atoms with E-state index in [1.165, 1.54) is 5.56 Å². The third-order valence-electron chi connectivity index (χ3n) is 4.05. The van der Waals surface area contributed by atoms with Crippen LogP contribution in [0.4, 0.5) is 5.69 Å². The third-order valence-corrected chi connectivity index (χ3v) is 4.44. The maximum atomic E-state index is 6.10. The van der Waals surface area contributed by atoms with Crippen LogP contribution in [0.3, 0.4) is 0 Å². The predicted octanol–water partition coefficient (Wildman–Crippen LogP) is 5.68. The first-order chi connectivity index (χ1) is 12.1. The standard InChI is InChI=1S/C21H27NO2S/c1-5-16-11-12-19(15(4)13-16)24-14-17-18(22-21(25)6-2)9-8-10-20(17)23-7-3/h8-13H,5-7,14H2,1-4H3,(H,22,25). The summed E-state index contributed by atoms with van der Waals surface area (Å²) in [6.45, 7) is 9.29. The van der Waals surface area contributed by atoms with Gasteiger partial charge in [-0.2, -0.15) is 0 Å². The van der Waals surface area contributed by atoms with Crippen LogP contribution >= 0.6 is 12.2 Å². The van der Waals surface area contributed by atoms with Crippen LogP contribution in [0, 0.1) is 6.92 Å². The number of rotatable bonds is 8. The van der Waals surface area contributed by atoms with Crippen LogP contribution in [0.25, 0.3) is 0 Å². The summed E-state index contributed by atoms with van der Waals surface area (Å²) in [7, 11) is 0. The van der Waals surface area contributed by atoms with Gasteiger partial charge < -0.3 is 14.8 Å². The van der Waals surface area contributed by atoms with Gasteiger partial charge in [0.15, 0.2) is 0 Å². The molecule has 2 aromatic carbocycles. The molecule has 4 heteroatoms. The maximum absolute atomic E-state index is 6.10. The Bertz CT molecular complexity index is 728. The van der Waals surface area contributed by atoms with Gasteiger partial charge in [0.2, 0.25) is 0 Å². The summed E-state index contributed by atoms with van der Waals surface area (Å²) in [5.41, 5.74) is 4.39. The van der Waals surface area contributed by atoms with E-state index in [0.29, 0.717) is 13.2 Å². The third kappa shape index (κ3) is 5.20. The van der Waals surface area contributed by atoms with E-state index in [4.69, 9.17) is 21.7 Å². The van der Waals surface area contributed by atoms with E-state index in [1.54, 1.807) is 0 Å². The Morgan fingerprint density at radius 1 is 1.04 bits per heavy atom. The molecule has 1 N–H and O–H groups in total. The van der Waals surface area contributed by atoms with Gasteiger partial charge in [0.25, 0.3) is 0 Å². The lowest BCUT2D eigenvalue weighted by Crippen LogP contribution is -2.11. The van der Waals surface area contributed by atoms with Crippen LogP contribution < -0.4 is 14.8 Å². The van der Waals surface area contributed by atoms with E-state index in [2.05, 4.69) is 31.3 Å². The van der Waals surface area contributed by atoms with E-state index in [0.717, 1.165) is 46.1 Å². The van der Waals surface area contributed by atoms with Crippen molar-refractivity contribution in [3.05, 3.63) is 53.1 Å². The molecular formula is C21H27NO2S. The number of nitrogens with one attached hydrogen (secondary N) is 1. The molecule has 0 aliphatic rings. The van der Waals surface area contributed by atoms with Gasteiger partial charge >= 0.3 is 0 Å². The number of thiocarbonyl (C=S) groups is 1. The molecule has 0 saturated carbocycles. The zero-order valence-corrected chi connectivity index (χ0v) is 16.3. The first-order valence-electron chi connectivity index (χ1n) is 8.85. The minimum Gasteiger partial charge on any atom is -0.493 e. The molecule has 0 unspecified atom stereocenters. The van der Waals surface area contributed by atoms with Crippen LogP contribution in [-0.2, 0) is 13.0 Å². The summed E-state index contributed by atoms with van der Waals surface area (Å²) >= 11 is 5.34. The Morgan fingerprint density at radius 2 is 1.84 bits per heavy atom. The summed E-state index contributed by atoms with van der Waals surface area (Å²) in [5, 5.41) is 3.30. The van der Waals surface area contributed by atoms with Gasteiger partial charge in [-0.15, -0.1) is 0 Å². The van der Waals surface area contributed by atoms with Crippen molar-refractivity contribution in [1.29, 1.82) is 0 Å². The molecule has 0 saturated heterocycles. The lowest BCUT2D eigenvalue weighted by atomic mass is 10.1. The molecule has 2 aromatic rings. The first kappa shape index (κ1) is 19.3. The molecule has 0 fully saturated rings. The molecule has 0 aromatic heterocycles. The Labute approximate surface area is 156 Å². The summed E-state index contributed by atoms with van der Waals surface area (Å²) in [5.74, 6) is 1.72. The predicted molar refractivity (Wildman–Crippen MR) is 109 cm³/mol. The van der Waals surface area contributed by atoms with Crippen LogP contribution in [-0.4, -0.2) is 11.6 Å². The normalized spacial score (nSPS) is 10.4. The average Bonchev–Trinajstić information content (AvgIpc) is 2.62. The zero-order chi connectivity index (χ0) is 18.2. The van der Waals surface area contributed by atoms with E-state index < -0.39 is 0 Å². The Kier molecular flexibility index (Phi) is 7.26. The summed E-state index contributed by atoms with van der Waals surface area (Å²) in [6.07, 6.45) is 1.82. The quantitative estimate of drug-likeness (QED) is 0.615. The fraction of sp³-hybridized carbons (Fsp3) is 0.381. The van der Waals surface area contributed by atoms with E-state index >= 15 is 0 Å².